The molecule has 0 aliphatic carbocycles. The van der Waals surface area contributed by atoms with Crippen LogP contribution in [0.15, 0.2) is 30.3 Å². The lowest BCUT2D eigenvalue weighted by Crippen LogP contribution is -2.60. The zero-order valence-electron chi connectivity index (χ0n) is 21.5. The van der Waals surface area contributed by atoms with Gasteiger partial charge in [0.15, 0.2) is 6.10 Å². The summed E-state index contributed by atoms with van der Waals surface area (Å²) in [6, 6.07) is 7.57. The van der Waals surface area contributed by atoms with Crippen molar-refractivity contribution in [2.24, 2.45) is 0 Å². The third-order valence-electron chi connectivity index (χ3n) is 5.21. The number of aliphatic hydroxyl groups excluding tert-OH is 1. The van der Waals surface area contributed by atoms with Gasteiger partial charge in [-0.3, -0.25) is 9.59 Å². The van der Waals surface area contributed by atoms with E-state index in [9.17, 15) is 19.5 Å². The van der Waals surface area contributed by atoms with Gasteiger partial charge in [0.25, 0.3) is 5.91 Å². The molecule has 0 radical (unpaired) electrons. The Morgan fingerprint density at radius 3 is 2.26 bits per heavy atom. The summed E-state index contributed by atoms with van der Waals surface area (Å²) in [6.45, 7) is 14.7. The Labute approximate surface area is 207 Å². The SMILES string of the molecule is CC(C)(C)NC(=O)[C@H]1N(C(=O)[C@H](O)[C@H](Cc2ccccc2)NC(=O)OC(C)(C)C)CSC1(C)C. The van der Waals surface area contributed by atoms with Crippen molar-refractivity contribution in [3.8, 4) is 0 Å². The molecule has 0 spiro atoms. The molecule has 1 aromatic rings. The van der Waals surface area contributed by atoms with Crippen molar-refractivity contribution in [3.05, 3.63) is 35.9 Å². The van der Waals surface area contributed by atoms with Crippen LogP contribution in [0.3, 0.4) is 0 Å². The quantitative estimate of drug-likeness (QED) is 0.562. The second kappa shape index (κ2) is 10.6. The minimum absolute atomic E-state index is 0.218. The highest BCUT2D eigenvalue weighted by Crippen LogP contribution is 2.40. The fourth-order valence-electron chi connectivity index (χ4n) is 3.76. The van der Waals surface area contributed by atoms with Crippen LogP contribution in [0.4, 0.5) is 4.79 Å². The number of amides is 3. The summed E-state index contributed by atoms with van der Waals surface area (Å²) in [4.78, 5) is 40.5. The third-order valence-corrected chi connectivity index (χ3v) is 6.58. The topological polar surface area (TPSA) is 108 Å². The smallest absolute Gasteiger partial charge is 0.407 e. The minimum Gasteiger partial charge on any atom is -0.444 e. The van der Waals surface area contributed by atoms with Gasteiger partial charge in [0, 0.05) is 10.3 Å². The number of hydrogen-bond acceptors (Lipinski definition) is 6. The lowest BCUT2D eigenvalue weighted by molar-refractivity contribution is -0.147. The fourth-order valence-corrected chi connectivity index (χ4v) is 4.90. The highest BCUT2D eigenvalue weighted by Gasteiger charge is 2.50. The van der Waals surface area contributed by atoms with Gasteiger partial charge in [0.05, 0.1) is 11.9 Å². The molecule has 1 aromatic carbocycles. The predicted octanol–water partition coefficient (Wildman–Crippen LogP) is 3.08. The Kier molecular flexibility index (Phi) is 8.69. The molecule has 1 fully saturated rings. The molecule has 8 nitrogen and oxygen atoms in total. The largest absolute Gasteiger partial charge is 0.444 e. The molecule has 34 heavy (non-hydrogen) atoms. The molecule has 3 N–H and O–H groups in total. The lowest BCUT2D eigenvalue weighted by atomic mass is 9.96. The molecule has 3 atom stereocenters. The van der Waals surface area contributed by atoms with Crippen LogP contribution < -0.4 is 10.6 Å². The molecular formula is C25H39N3O5S. The first-order valence-electron chi connectivity index (χ1n) is 11.5. The minimum atomic E-state index is -1.56. The number of nitrogens with zero attached hydrogens (tertiary/aromatic N) is 1. The Morgan fingerprint density at radius 2 is 1.74 bits per heavy atom. The van der Waals surface area contributed by atoms with E-state index < -0.39 is 46.1 Å². The number of hydrogen-bond donors (Lipinski definition) is 3. The lowest BCUT2D eigenvalue weighted by Gasteiger charge is -2.35. The summed E-state index contributed by atoms with van der Waals surface area (Å²) in [5.41, 5.74) is -0.363. The predicted molar refractivity (Wildman–Crippen MR) is 134 cm³/mol. The van der Waals surface area contributed by atoms with E-state index in [0.717, 1.165) is 5.56 Å². The van der Waals surface area contributed by atoms with Crippen LogP contribution in [0.2, 0.25) is 0 Å². The summed E-state index contributed by atoms with van der Waals surface area (Å²) >= 11 is 1.47. The van der Waals surface area contributed by atoms with Gasteiger partial charge in [-0.1, -0.05) is 30.3 Å². The van der Waals surface area contributed by atoms with Gasteiger partial charge in [-0.05, 0) is 67.4 Å². The van der Waals surface area contributed by atoms with Crippen LogP contribution in [-0.4, -0.2) is 67.9 Å². The van der Waals surface area contributed by atoms with Crippen molar-refractivity contribution in [2.45, 2.75) is 95.9 Å². The Morgan fingerprint density at radius 1 is 1.15 bits per heavy atom. The summed E-state index contributed by atoms with van der Waals surface area (Å²) in [6.07, 6.45) is -2.07. The van der Waals surface area contributed by atoms with Gasteiger partial charge in [-0.2, -0.15) is 0 Å². The molecule has 0 unspecified atom stereocenters. The van der Waals surface area contributed by atoms with E-state index in [1.165, 1.54) is 16.7 Å². The Hall–Kier alpha value is -2.26. The van der Waals surface area contributed by atoms with E-state index in [1.54, 1.807) is 20.8 Å². The molecule has 1 saturated heterocycles. The van der Waals surface area contributed by atoms with E-state index in [0.29, 0.717) is 0 Å². The van der Waals surface area contributed by atoms with E-state index in [-0.39, 0.29) is 18.2 Å². The molecule has 1 heterocycles. The number of benzene rings is 1. The molecule has 9 heteroatoms. The summed E-state index contributed by atoms with van der Waals surface area (Å²) < 4.78 is 4.81. The van der Waals surface area contributed by atoms with Gasteiger partial charge < -0.3 is 25.4 Å². The molecule has 3 amide bonds. The van der Waals surface area contributed by atoms with Crippen molar-refractivity contribution < 1.29 is 24.2 Å². The molecule has 0 saturated carbocycles. The maximum atomic E-state index is 13.5. The molecular weight excluding hydrogens is 454 g/mol. The zero-order chi connectivity index (χ0) is 25.9. The third kappa shape index (κ3) is 7.91. The van der Waals surface area contributed by atoms with Gasteiger partial charge in [0.2, 0.25) is 5.91 Å². The van der Waals surface area contributed by atoms with E-state index in [4.69, 9.17) is 4.74 Å². The number of thioether (sulfide) groups is 1. The van der Waals surface area contributed by atoms with Gasteiger partial charge in [-0.15, -0.1) is 11.8 Å². The van der Waals surface area contributed by atoms with Crippen LogP contribution in [0.1, 0.15) is 61.0 Å². The number of rotatable bonds is 6. The van der Waals surface area contributed by atoms with E-state index in [1.807, 2.05) is 65.0 Å². The molecule has 1 aliphatic rings. The summed E-state index contributed by atoms with van der Waals surface area (Å²) in [7, 11) is 0. The summed E-state index contributed by atoms with van der Waals surface area (Å²) in [5.74, 6) is -0.623. The van der Waals surface area contributed by atoms with Crippen molar-refractivity contribution >= 4 is 29.7 Å². The highest BCUT2D eigenvalue weighted by molar-refractivity contribution is 8.00. The monoisotopic (exact) mass is 493 g/mol. The number of alkyl carbamates (subject to hydrolysis) is 1. The molecule has 1 aliphatic heterocycles. The van der Waals surface area contributed by atoms with Crippen LogP contribution in [0.25, 0.3) is 0 Å². The van der Waals surface area contributed by atoms with Crippen molar-refractivity contribution in [2.75, 3.05) is 5.88 Å². The maximum absolute atomic E-state index is 13.5. The number of carbonyl (C=O) groups excluding carboxylic acids is 3. The van der Waals surface area contributed by atoms with Gasteiger partial charge in [-0.25, -0.2) is 4.79 Å². The second-order valence-corrected chi connectivity index (χ2v) is 12.8. The average Bonchev–Trinajstić information content (AvgIpc) is 2.99. The molecule has 190 valence electrons. The maximum Gasteiger partial charge on any atom is 0.407 e. The molecule has 0 bridgehead atoms. The zero-order valence-corrected chi connectivity index (χ0v) is 22.3. The second-order valence-electron chi connectivity index (χ2n) is 11.2. The molecule has 2 rings (SSSR count). The van der Waals surface area contributed by atoms with E-state index in [2.05, 4.69) is 10.6 Å². The normalized spacial score (nSPS) is 19.8. The summed E-state index contributed by atoms with van der Waals surface area (Å²) in [5, 5.41) is 16.8. The highest BCUT2D eigenvalue weighted by atomic mass is 32.2. The van der Waals surface area contributed by atoms with Crippen LogP contribution in [-0.2, 0) is 20.7 Å². The van der Waals surface area contributed by atoms with Crippen LogP contribution in [0, 0.1) is 0 Å². The first-order chi connectivity index (χ1) is 15.5. The number of nitrogens with one attached hydrogen (secondary N) is 2. The number of aliphatic hydroxyl groups is 1. The van der Waals surface area contributed by atoms with Crippen LogP contribution in [0.5, 0.6) is 0 Å². The molecule has 0 aromatic heterocycles. The van der Waals surface area contributed by atoms with Crippen LogP contribution >= 0.6 is 11.8 Å². The fraction of sp³-hybridized carbons (Fsp3) is 0.640. The Balaban J connectivity index is 2.29. The van der Waals surface area contributed by atoms with E-state index >= 15 is 0 Å². The standard InChI is InChI=1S/C25H39N3O5S/c1-23(2,3)27-20(30)19-25(7,8)34-15-28(19)21(31)18(29)17(14-16-12-10-9-11-13-16)26-22(32)33-24(4,5)6/h9-13,17-19,29H,14-15H2,1-8H3,(H,26,32)(H,27,30)/t17-,18+,19+/m0/s1. The Bertz CT molecular complexity index is 877. The van der Waals surface area contributed by atoms with Gasteiger partial charge in [0.1, 0.15) is 11.6 Å². The first kappa shape index (κ1) is 28.0. The van der Waals surface area contributed by atoms with Crippen molar-refractivity contribution in [3.63, 3.8) is 0 Å². The average molecular weight is 494 g/mol. The first-order valence-corrected chi connectivity index (χ1v) is 12.5. The van der Waals surface area contributed by atoms with Crippen molar-refractivity contribution in [1.29, 1.82) is 0 Å². The van der Waals surface area contributed by atoms with Gasteiger partial charge >= 0.3 is 6.09 Å². The number of carbonyl (C=O) groups is 3. The number of ether oxygens (including phenoxy) is 1. The van der Waals surface area contributed by atoms with Crippen molar-refractivity contribution in [1.82, 2.24) is 15.5 Å².